The number of benzene rings is 1. The van der Waals surface area contributed by atoms with Crippen LogP contribution in [0.2, 0.25) is 0 Å². The zero-order valence-electron chi connectivity index (χ0n) is 19.6. The Morgan fingerprint density at radius 2 is 1.79 bits per heavy atom. The molecule has 5 rings (SSSR count). The van der Waals surface area contributed by atoms with E-state index in [1.807, 2.05) is 12.1 Å². The molecule has 1 aliphatic heterocycles. The molecular formula is C26H35FN2O5. The van der Waals surface area contributed by atoms with Crippen LogP contribution < -0.4 is 15.4 Å². The summed E-state index contributed by atoms with van der Waals surface area (Å²) in [6, 6.07) is 8.21. The molecular weight excluding hydrogens is 439 g/mol. The van der Waals surface area contributed by atoms with Gasteiger partial charge in [0.05, 0.1) is 6.33 Å². The van der Waals surface area contributed by atoms with E-state index in [1.54, 1.807) is 0 Å². The maximum atomic E-state index is 13.3. The van der Waals surface area contributed by atoms with Crippen molar-refractivity contribution in [3.63, 3.8) is 0 Å². The second-order valence-electron chi connectivity index (χ2n) is 10.0. The smallest absolute Gasteiger partial charge is 0.404 e. The Kier molecular flexibility index (Phi) is 7.76. The van der Waals surface area contributed by atoms with Crippen molar-refractivity contribution in [2.45, 2.75) is 69.2 Å². The van der Waals surface area contributed by atoms with Crippen molar-refractivity contribution in [1.29, 1.82) is 0 Å². The highest BCUT2D eigenvalue weighted by Gasteiger charge is 2.50. The van der Waals surface area contributed by atoms with E-state index in [9.17, 15) is 14.0 Å². The Morgan fingerprint density at radius 1 is 1.09 bits per heavy atom. The molecule has 186 valence electrons. The molecule has 0 aromatic heterocycles. The molecule has 8 heteroatoms. The molecule has 2 amide bonds. The molecule has 3 aliphatic carbocycles. The van der Waals surface area contributed by atoms with E-state index in [-0.39, 0.29) is 41.5 Å². The lowest BCUT2D eigenvalue weighted by Gasteiger charge is -2.43. The summed E-state index contributed by atoms with van der Waals surface area (Å²) in [4.78, 5) is 23.9. The summed E-state index contributed by atoms with van der Waals surface area (Å²) in [5.41, 5.74) is 1.35. The molecule has 1 aromatic carbocycles. The van der Waals surface area contributed by atoms with Gasteiger partial charge in [0, 0.05) is 36.8 Å². The first-order valence-electron chi connectivity index (χ1n) is 12.3. The minimum absolute atomic E-state index is 0.0218. The van der Waals surface area contributed by atoms with Crippen molar-refractivity contribution in [3.05, 3.63) is 41.7 Å². The molecule has 3 N–H and O–H groups in total. The first kappa shape index (κ1) is 24.5. The van der Waals surface area contributed by atoms with Gasteiger partial charge in [-0.3, -0.25) is 4.79 Å². The second-order valence-corrected chi connectivity index (χ2v) is 10.0. The molecule has 3 saturated carbocycles. The van der Waals surface area contributed by atoms with Crippen molar-refractivity contribution >= 4 is 12.0 Å². The lowest BCUT2D eigenvalue weighted by Crippen LogP contribution is -2.49. The summed E-state index contributed by atoms with van der Waals surface area (Å²) in [6.07, 6.45) is 7.89. The minimum Gasteiger partial charge on any atom is -0.489 e. The first-order valence-corrected chi connectivity index (χ1v) is 12.3. The lowest BCUT2D eigenvalue weighted by molar-refractivity contribution is -0.134. The van der Waals surface area contributed by atoms with Crippen LogP contribution in [0.3, 0.4) is 0 Å². The molecule has 0 spiro atoms. The van der Waals surface area contributed by atoms with Crippen LogP contribution in [0.4, 0.5) is 9.18 Å². The number of hydrogen-bond donors (Lipinski definition) is 3. The third kappa shape index (κ3) is 5.54. The molecule has 0 atom stereocenters. The Balaban J connectivity index is 1.35. The summed E-state index contributed by atoms with van der Waals surface area (Å²) >= 11 is 0. The molecule has 4 aliphatic rings. The number of carbonyl (C=O) groups excluding carboxylic acids is 1. The number of halogens is 1. The first-order chi connectivity index (χ1) is 16.4. The van der Waals surface area contributed by atoms with Gasteiger partial charge < -0.3 is 25.2 Å². The Morgan fingerprint density at radius 3 is 2.44 bits per heavy atom. The Labute approximate surface area is 200 Å². The molecule has 1 aromatic rings. The third-order valence-corrected chi connectivity index (χ3v) is 8.02. The molecule has 4 fully saturated rings. The summed E-state index contributed by atoms with van der Waals surface area (Å²) in [5.74, 6) is 0.859. The fourth-order valence-corrected chi connectivity index (χ4v) is 5.82. The second kappa shape index (κ2) is 10.8. The zero-order chi connectivity index (χ0) is 24.0. The minimum atomic E-state index is -1.20. The number of carboxylic acid groups (broad SMARTS) is 1. The normalized spacial score (nSPS) is 27.6. The van der Waals surface area contributed by atoms with E-state index >= 15 is 0 Å². The Hall–Kier alpha value is -2.61. The summed E-state index contributed by atoms with van der Waals surface area (Å²) in [7, 11) is 0. The van der Waals surface area contributed by atoms with Gasteiger partial charge in [0.2, 0.25) is 5.91 Å². The standard InChI is InChI=1S/C26H35FN2O5/c27-16-19(17-28-24(31)32)18-34-22-4-2-20(3-5-22)25-8-1-9-26(12-10-25,13-11-25)23(30)29-21-6-14-33-15-7-21/h2-5,16,21,28H,1,6-15,17-18H2,(H,29,30)(H,31,32). The van der Waals surface area contributed by atoms with Gasteiger partial charge in [-0.1, -0.05) is 18.6 Å². The number of fused-ring (bicyclic) bond motifs is 4. The van der Waals surface area contributed by atoms with Crippen molar-refractivity contribution in [3.8, 4) is 5.75 Å². The van der Waals surface area contributed by atoms with Crippen molar-refractivity contribution < 1.29 is 28.6 Å². The van der Waals surface area contributed by atoms with Crippen LogP contribution in [0.15, 0.2) is 36.2 Å². The van der Waals surface area contributed by atoms with Crippen LogP contribution in [0.5, 0.6) is 5.75 Å². The summed E-state index contributed by atoms with van der Waals surface area (Å²) in [6.45, 7) is 1.32. The van der Waals surface area contributed by atoms with Crippen LogP contribution in [0.1, 0.15) is 63.4 Å². The summed E-state index contributed by atoms with van der Waals surface area (Å²) in [5, 5.41) is 14.1. The number of ether oxygens (including phenoxy) is 2. The van der Waals surface area contributed by atoms with E-state index in [2.05, 4.69) is 22.8 Å². The van der Waals surface area contributed by atoms with E-state index in [4.69, 9.17) is 14.6 Å². The highest BCUT2D eigenvalue weighted by Crippen LogP contribution is 2.55. The number of carbonyl (C=O) groups is 2. The van der Waals surface area contributed by atoms with Gasteiger partial charge in [0.25, 0.3) is 0 Å². The van der Waals surface area contributed by atoms with Gasteiger partial charge in [-0.2, -0.15) is 0 Å². The topological polar surface area (TPSA) is 96.9 Å². The van der Waals surface area contributed by atoms with Crippen molar-refractivity contribution in [1.82, 2.24) is 10.6 Å². The molecule has 0 radical (unpaired) electrons. The predicted octanol–water partition coefficient (Wildman–Crippen LogP) is 4.46. The Bertz CT molecular complexity index is 887. The molecule has 34 heavy (non-hydrogen) atoms. The quantitative estimate of drug-likeness (QED) is 0.517. The van der Waals surface area contributed by atoms with Crippen LogP contribution in [-0.2, 0) is 14.9 Å². The van der Waals surface area contributed by atoms with Gasteiger partial charge in [0.1, 0.15) is 12.4 Å². The van der Waals surface area contributed by atoms with Crippen molar-refractivity contribution in [2.75, 3.05) is 26.4 Å². The van der Waals surface area contributed by atoms with Crippen LogP contribution >= 0.6 is 0 Å². The largest absolute Gasteiger partial charge is 0.489 e. The van der Waals surface area contributed by atoms with E-state index in [1.165, 1.54) is 5.56 Å². The van der Waals surface area contributed by atoms with E-state index in [0.29, 0.717) is 12.1 Å². The third-order valence-electron chi connectivity index (χ3n) is 8.02. The van der Waals surface area contributed by atoms with Gasteiger partial charge >= 0.3 is 6.09 Å². The number of amides is 2. The van der Waals surface area contributed by atoms with Gasteiger partial charge in [-0.25, -0.2) is 9.18 Å². The van der Waals surface area contributed by atoms with Gasteiger partial charge in [-0.05, 0) is 74.5 Å². The lowest BCUT2D eigenvalue weighted by atomic mass is 9.62. The van der Waals surface area contributed by atoms with Crippen LogP contribution in [0, 0.1) is 5.41 Å². The average Bonchev–Trinajstić information content (AvgIpc) is 3.17. The van der Waals surface area contributed by atoms with E-state index < -0.39 is 6.09 Å². The average molecular weight is 475 g/mol. The fraction of sp³-hybridized carbons (Fsp3) is 0.615. The molecule has 1 heterocycles. The zero-order valence-corrected chi connectivity index (χ0v) is 19.6. The van der Waals surface area contributed by atoms with Gasteiger partial charge in [-0.15, -0.1) is 0 Å². The maximum absolute atomic E-state index is 13.3. The number of nitrogens with one attached hydrogen (secondary N) is 2. The highest BCUT2D eigenvalue weighted by atomic mass is 19.1. The molecule has 7 nitrogen and oxygen atoms in total. The fourth-order valence-electron chi connectivity index (χ4n) is 5.82. The SMILES string of the molecule is O=C(O)NCC(=CF)COc1ccc(C23CCCC(C(=O)NC4CCOCC4)(CC2)CC3)cc1. The van der Waals surface area contributed by atoms with Crippen LogP contribution in [0.25, 0.3) is 0 Å². The number of rotatable bonds is 8. The highest BCUT2D eigenvalue weighted by molar-refractivity contribution is 5.83. The molecule has 2 bridgehead atoms. The van der Waals surface area contributed by atoms with Gasteiger partial charge in [0.15, 0.2) is 0 Å². The van der Waals surface area contributed by atoms with E-state index in [0.717, 1.165) is 71.0 Å². The number of hydrogen-bond acceptors (Lipinski definition) is 4. The van der Waals surface area contributed by atoms with Crippen molar-refractivity contribution in [2.24, 2.45) is 5.41 Å². The summed E-state index contributed by atoms with van der Waals surface area (Å²) < 4.78 is 24.0. The predicted molar refractivity (Wildman–Crippen MR) is 126 cm³/mol. The molecule has 0 unspecified atom stereocenters. The maximum Gasteiger partial charge on any atom is 0.404 e. The van der Waals surface area contributed by atoms with Crippen LogP contribution in [-0.4, -0.2) is 49.5 Å². The monoisotopic (exact) mass is 474 g/mol. The molecule has 1 saturated heterocycles.